The van der Waals surface area contributed by atoms with Crippen LogP contribution in [0.1, 0.15) is 19.3 Å². The van der Waals surface area contributed by atoms with Crippen molar-refractivity contribution in [2.24, 2.45) is 0 Å². The van der Waals surface area contributed by atoms with Crippen molar-refractivity contribution < 1.29 is 0 Å². The lowest BCUT2D eigenvalue weighted by molar-refractivity contribution is 0.399. The molecule has 0 bridgehead atoms. The van der Waals surface area contributed by atoms with Crippen LogP contribution in [0.3, 0.4) is 0 Å². The van der Waals surface area contributed by atoms with Crippen LogP contribution in [0.15, 0.2) is 22.8 Å². The van der Waals surface area contributed by atoms with E-state index in [1.54, 1.807) is 0 Å². The second-order valence-electron chi connectivity index (χ2n) is 3.50. The van der Waals surface area contributed by atoms with Crippen LogP contribution in [0.4, 0.5) is 5.82 Å². The van der Waals surface area contributed by atoms with Gasteiger partial charge in [-0.25, -0.2) is 4.98 Å². The van der Waals surface area contributed by atoms with Crippen molar-refractivity contribution in [1.82, 2.24) is 4.98 Å². The maximum atomic E-state index is 4.36. The van der Waals surface area contributed by atoms with Crippen LogP contribution >= 0.6 is 15.9 Å². The topological polar surface area (TPSA) is 16.1 Å². The molecule has 1 aromatic heterocycles. The Morgan fingerprint density at radius 2 is 2.31 bits per heavy atom. The fraction of sp³-hybridized carbons (Fsp3) is 0.500. The van der Waals surface area contributed by atoms with Gasteiger partial charge in [-0.2, -0.15) is 0 Å². The van der Waals surface area contributed by atoms with Gasteiger partial charge in [0.15, 0.2) is 0 Å². The van der Waals surface area contributed by atoms with Crippen LogP contribution in [-0.4, -0.2) is 18.1 Å². The number of nitrogens with zero attached hydrogens (tertiary/aromatic N) is 2. The van der Waals surface area contributed by atoms with Crippen molar-refractivity contribution in [2.75, 3.05) is 11.9 Å². The van der Waals surface area contributed by atoms with Gasteiger partial charge >= 0.3 is 0 Å². The minimum Gasteiger partial charge on any atom is -0.356 e. The number of hydrogen-bond donors (Lipinski definition) is 0. The van der Waals surface area contributed by atoms with Crippen molar-refractivity contribution in [3.8, 4) is 0 Å². The van der Waals surface area contributed by atoms with Gasteiger partial charge in [0.25, 0.3) is 0 Å². The van der Waals surface area contributed by atoms with E-state index >= 15 is 0 Å². The second-order valence-corrected chi connectivity index (χ2v) is 4.36. The van der Waals surface area contributed by atoms with E-state index in [2.05, 4.69) is 32.9 Å². The van der Waals surface area contributed by atoms with Crippen LogP contribution < -0.4 is 4.90 Å². The summed E-state index contributed by atoms with van der Waals surface area (Å²) in [6.07, 6.45) is 5.81. The molecule has 3 heteroatoms. The summed E-state index contributed by atoms with van der Waals surface area (Å²) in [5.41, 5.74) is 0. The van der Waals surface area contributed by atoms with Crippen molar-refractivity contribution in [1.29, 1.82) is 0 Å². The van der Waals surface area contributed by atoms with E-state index in [0.29, 0.717) is 6.04 Å². The van der Waals surface area contributed by atoms with E-state index in [4.69, 9.17) is 0 Å². The molecule has 1 fully saturated rings. The predicted octanol–water partition coefficient (Wildman–Crippen LogP) is 2.83. The molecular weight excluding hydrogens is 228 g/mol. The van der Waals surface area contributed by atoms with E-state index in [1.807, 2.05) is 18.3 Å². The Hall–Kier alpha value is -0.570. The molecule has 1 aromatic rings. The Labute approximate surface area is 87.1 Å². The van der Waals surface area contributed by atoms with Crippen molar-refractivity contribution in [3.63, 3.8) is 0 Å². The number of rotatable bonds is 2. The molecule has 0 radical (unpaired) electrons. The zero-order chi connectivity index (χ0) is 9.26. The molecule has 0 N–H and O–H groups in total. The number of pyridine rings is 1. The third kappa shape index (κ3) is 1.70. The van der Waals surface area contributed by atoms with Crippen LogP contribution in [0.25, 0.3) is 0 Å². The normalized spacial score (nSPS) is 16.8. The Morgan fingerprint density at radius 1 is 1.54 bits per heavy atom. The molecule has 0 atom stereocenters. The quantitative estimate of drug-likeness (QED) is 0.791. The standard InChI is InChI=1S/C10H13BrN2/c1-13(8-4-2-5-8)10-9(11)6-3-7-12-10/h3,6-8H,2,4-5H2,1H3. The Morgan fingerprint density at radius 3 is 2.85 bits per heavy atom. The zero-order valence-electron chi connectivity index (χ0n) is 7.70. The smallest absolute Gasteiger partial charge is 0.142 e. The molecule has 70 valence electrons. The first-order valence-electron chi connectivity index (χ1n) is 4.62. The number of aromatic nitrogens is 1. The lowest BCUT2D eigenvalue weighted by Gasteiger charge is -2.35. The molecule has 1 heterocycles. The van der Waals surface area contributed by atoms with Gasteiger partial charge < -0.3 is 4.90 Å². The van der Waals surface area contributed by atoms with E-state index in [-0.39, 0.29) is 0 Å². The zero-order valence-corrected chi connectivity index (χ0v) is 9.29. The molecule has 0 amide bonds. The van der Waals surface area contributed by atoms with E-state index in [9.17, 15) is 0 Å². The summed E-state index contributed by atoms with van der Waals surface area (Å²) in [7, 11) is 2.12. The van der Waals surface area contributed by atoms with Gasteiger partial charge in [0.2, 0.25) is 0 Å². The number of hydrogen-bond acceptors (Lipinski definition) is 2. The summed E-state index contributed by atoms with van der Waals surface area (Å²) in [5, 5.41) is 0. The highest BCUT2D eigenvalue weighted by molar-refractivity contribution is 9.10. The maximum Gasteiger partial charge on any atom is 0.142 e. The molecule has 2 rings (SSSR count). The molecule has 1 saturated carbocycles. The van der Waals surface area contributed by atoms with Gasteiger partial charge in [0.1, 0.15) is 5.82 Å². The third-order valence-corrected chi connectivity index (χ3v) is 3.31. The fourth-order valence-corrected chi connectivity index (χ4v) is 2.12. The molecule has 1 aliphatic rings. The first-order valence-corrected chi connectivity index (χ1v) is 5.41. The third-order valence-electron chi connectivity index (χ3n) is 2.70. The average molecular weight is 241 g/mol. The first-order chi connectivity index (χ1) is 6.29. The molecule has 2 nitrogen and oxygen atoms in total. The summed E-state index contributed by atoms with van der Waals surface area (Å²) in [6, 6.07) is 4.69. The van der Waals surface area contributed by atoms with Crippen molar-refractivity contribution >= 4 is 21.7 Å². The lowest BCUT2D eigenvalue weighted by atomic mass is 9.92. The van der Waals surface area contributed by atoms with Gasteiger partial charge in [0, 0.05) is 19.3 Å². The molecule has 0 spiro atoms. The van der Waals surface area contributed by atoms with Gasteiger partial charge in [0.05, 0.1) is 4.47 Å². The van der Waals surface area contributed by atoms with E-state index in [1.165, 1.54) is 19.3 Å². The van der Waals surface area contributed by atoms with Crippen molar-refractivity contribution in [3.05, 3.63) is 22.8 Å². The fourth-order valence-electron chi connectivity index (χ4n) is 1.58. The number of halogens is 1. The highest BCUT2D eigenvalue weighted by Gasteiger charge is 2.23. The minimum atomic E-state index is 0.700. The van der Waals surface area contributed by atoms with Gasteiger partial charge in [-0.3, -0.25) is 0 Å². The van der Waals surface area contributed by atoms with Crippen LogP contribution in [0.2, 0.25) is 0 Å². The summed E-state index contributed by atoms with van der Waals surface area (Å²) in [5.74, 6) is 1.06. The van der Waals surface area contributed by atoms with Crippen LogP contribution in [0, 0.1) is 0 Å². The average Bonchev–Trinajstić information content (AvgIpc) is 2.01. The number of anilines is 1. The molecule has 0 saturated heterocycles. The molecule has 13 heavy (non-hydrogen) atoms. The molecule has 0 aliphatic heterocycles. The minimum absolute atomic E-state index is 0.700. The van der Waals surface area contributed by atoms with Gasteiger partial charge in [-0.15, -0.1) is 0 Å². The summed E-state index contributed by atoms with van der Waals surface area (Å²) >= 11 is 3.51. The summed E-state index contributed by atoms with van der Waals surface area (Å²) in [6.45, 7) is 0. The van der Waals surface area contributed by atoms with Crippen LogP contribution in [0.5, 0.6) is 0 Å². The summed E-state index contributed by atoms with van der Waals surface area (Å²) in [4.78, 5) is 6.63. The van der Waals surface area contributed by atoms with Crippen molar-refractivity contribution in [2.45, 2.75) is 25.3 Å². The van der Waals surface area contributed by atoms with Crippen LogP contribution in [-0.2, 0) is 0 Å². The SMILES string of the molecule is CN(c1ncccc1Br)C1CCC1. The Balaban J connectivity index is 2.18. The second kappa shape index (κ2) is 3.66. The molecule has 1 aliphatic carbocycles. The Bertz CT molecular complexity index is 297. The molecule has 0 aromatic carbocycles. The Kier molecular flexibility index (Phi) is 2.54. The molecule has 0 unspecified atom stereocenters. The maximum absolute atomic E-state index is 4.36. The van der Waals surface area contributed by atoms with E-state index in [0.717, 1.165) is 10.3 Å². The highest BCUT2D eigenvalue weighted by Crippen LogP contribution is 2.30. The van der Waals surface area contributed by atoms with Gasteiger partial charge in [-0.1, -0.05) is 0 Å². The first kappa shape index (κ1) is 9.00. The highest BCUT2D eigenvalue weighted by atomic mass is 79.9. The molecular formula is C10H13BrN2. The monoisotopic (exact) mass is 240 g/mol. The lowest BCUT2D eigenvalue weighted by Crippen LogP contribution is -2.37. The van der Waals surface area contributed by atoms with Gasteiger partial charge in [-0.05, 0) is 47.3 Å². The largest absolute Gasteiger partial charge is 0.356 e. The van der Waals surface area contributed by atoms with E-state index < -0.39 is 0 Å². The summed E-state index contributed by atoms with van der Waals surface area (Å²) < 4.78 is 1.09. The predicted molar refractivity (Wildman–Crippen MR) is 58.0 cm³/mol.